The van der Waals surface area contributed by atoms with E-state index in [9.17, 15) is 14.4 Å². The van der Waals surface area contributed by atoms with Gasteiger partial charge in [0.15, 0.2) is 30.5 Å². The predicted octanol–water partition coefficient (Wildman–Crippen LogP) is 3.02. The first-order valence-electron chi connectivity index (χ1n) is 8.79. The highest BCUT2D eigenvalue weighted by molar-refractivity contribution is 5.95. The van der Waals surface area contributed by atoms with Crippen LogP contribution in [0.4, 0.5) is 5.69 Å². The molecular weight excluding hydrogens is 362 g/mol. The van der Waals surface area contributed by atoms with Gasteiger partial charge in [0.25, 0.3) is 5.91 Å². The van der Waals surface area contributed by atoms with Crippen molar-refractivity contribution in [2.75, 3.05) is 25.6 Å². The lowest BCUT2D eigenvalue weighted by molar-refractivity contribution is -0.149. The van der Waals surface area contributed by atoms with Gasteiger partial charge >= 0.3 is 5.97 Å². The minimum Gasteiger partial charge on any atom is -0.493 e. The van der Waals surface area contributed by atoms with Gasteiger partial charge in [-0.05, 0) is 43.2 Å². The van der Waals surface area contributed by atoms with Crippen LogP contribution in [0.15, 0.2) is 42.5 Å². The van der Waals surface area contributed by atoms with Gasteiger partial charge < -0.3 is 19.5 Å². The maximum atomic E-state index is 12.0. The Morgan fingerprint density at radius 1 is 1.00 bits per heavy atom. The van der Waals surface area contributed by atoms with Crippen LogP contribution in [0.3, 0.4) is 0 Å². The summed E-state index contributed by atoms with van der Waals surface area (Å²) in [4.78, 5) is 35.2. The second kappa shape index (κ2) is 10.1. The minimum atomic E-state index is -0.698. The van der Waals surface area contributed by atoms with E-state index >= 15 is 0 Å². The molecule has 0 aliphatic carbocycles. The van der Waals surface area contributed by atoms with E-state index in [0.717, 1.165) is 12.0 Å². The molecule has 0 saturated carbocycles. The molecule has 0 atom stereocenters. The maximum absolute atomic E-state index is 12.0. The second-order valence-corrected chi connectivity index (χ2v) is 5.93. The number of ether oxygens (including phenoxy) is 3. The zero-order valence-corrected chi connectivity index (χ0v) is 16.1. The zero-order chi connectivity index (χ0) is 20.5. The molecule has 0 unspecified atom stereocenters. The topological polar surface area (TPSA) is 90.9 Å². The summed E-state index contributed by atoms with van der Waals surface area (Å²) in [7, 11) is 1.43. The standard InChI is InChI=1S/C21H23NO6/c1-4-15-7-5-6-8-17(15)22-20(24)12-28-21(25)13-27-18-10-9-16(14(2)23)11-19(18)26-3/h5-11H,4,12-13H2,1-3H3,(H,22,24). The van der Waals surface area contributed by atoms with Crippen LogP contribution in [0, 0.1) is 0 Å². The molecule has 1 N–H and O–H groups in total. The van der Waals surface area contributed by atoms with E-state index in [4.69, 9.17) is 14.2 Å². The van der Waals surface area contributed by atoms with Gasteiger partial charge in [0, 0.05) is 11.3 Å². The van der Waals surface area contributed by atoms with E-state index in [-0.39, 0.29) is 5.78 Å². The lowest BCUT2D eigenvalue weighted by Crippen LogP contribution is -2.24. The zero-order valence-electron chi connectivity index (χ0n) is 16.1. The molecule has 0 radical (unpaired) electrons. The molecule has 1 amide bonds. The summed E-state index contributed by atoms with van der Waals surface area (Å²) >= 11 is 0. The Morgan fingerprint density at radius 2 is 1.75 bits per heavy atom. The number of hydrogen-bond donors (Lipinski definition) is 1. The molecule has 28 heavy (non-hydrogen) atoms. The third-order valence-electron chi connectivity index (χ3n) is 3.95. The molecule has 148 valence electrons. The SMILES string of the molecule is CCc1ccccc1NC(=O)COC(=O)COc1ccc(C(C)=O)cc1OC. The Morgan fingerprint density at radius 3 is 2.43 bits per heavy atom. The lowest BCUT2D eigenvalue weighted by atomic mass is 10.1. The number of hydrogen-bond acceptors (Lipinski definition) is 6. The number of Topliss-reactive ketones (excluding diaryl/α,β-unsaturated/α-hetero) is 1. The van der Waals surface area contributed by atoms with E-state index in [0.29, 0.717) is 22.7 Å². The average Bonchev–Trinajstić information content (AvgIpc) is 2.70. The van der Waals surface area contributed by atoms with E-state index in [1.165, 1.54) is 26.2 Å². The number of benzene rings is 2. The molecule has 2 rings (SSSR count). The molecule has 0 saturated heterocycles. The number of aryl methyl sites for hydroxylation is 1. The molecule has 7 heteroatoms. The molecule has 0 fully saturated rings. The Labute approximate surface area is 163 Å². The summed E-state index contributed by atoms with van der Waals surface area (Å²) in [5.41, 5.74) is 2.15. The first-order valence-corrected chi connectivity index (χ1v) is 8.79. The van der Waals surface area contributed by atoms with Crippen molar-refractivity contribution >= 4 is 23.3 Å². The van der Waals surface area contributed by atoms with Gasteiger partial charge in [-0.25, -0.2) is 4.79 Å². The summed E-state index contributed by atoms with van der Waals surface area (Å²) in [6, 6.07) is 12.1. The van der Waals surface area contributed by atoms with Crippen molar-refractivity contribution < 1.29 is 28.6 Å². The monoisotopic (exact) mass is 385 g/mol. The van der Waals surface area contributed by atoms with Gasteiger partial charge in [-0.3, -0.25) is 9.59 Å². The lowest BCUT2D eigenvalue weighted by Gasteiger charge is -2.12. The Balaban J connectivity index is 1.84. The fraction of sp³-hybridized carbons (Fsp3) is 0.286. The molecular formula is C21H23NO6. The van der Waals surface area contributed by atoms with Crippen molar-refractivity contribution in [1.82, 2.24) is 0 Å². The summed E-state index contributed by atoms with van der Waals surface area (Å²) in [5, 5.41) is 2.72. The van der Waals surface area contributed by atoms with E-state index < -0.39 is 25.1 Å². The van der Waals surface area contributed by atoms with Crippen LogP contribution in [-0.4, -0.2) is 38.0 Å². The number of carbonyl (C=O) groups excluding carboxylic acids is 3. The molecule has 0 aliphatic rings. The highest BCUT2D eigenvalue weighted by Gasteiger charge is 2.13. The summed E-state index contributed by atoms with van der Waals surface area (Å²) < 4.78 is 15.5. The van der Waals surface area contributed by atoms with E-state index in [2.05, 4.69) is 5.32 Å². The van der Waals surface area contributed by atoms with Crippen LogP contribution in [0.5, 0.6) is 11.5 Å². The number of rotatable bonds is 9. The molecule has 2 aromatic rings. The fourth-order valence-electron chi connectivity index (χ4n) is 2.47. The maximum Gasteiger partial charge on any atom is 0.344 e. The molecule has 0 heterocycles. The van der Waals surface area contributed by atoms with Gasteiger partial charge in [0.05, 0.1) is 7.11 Å². The summed E-state index contributed by atoms with van der Waals surface area (Å²) in [6.45, 7) is 2.62. The smallest absolute Gasteiger partial charge is 0.344 e. The largest absolute Gasteiger partial charge is 0.493 e. The van der Waals surface area contributed by atoms with Crippen LogP contribution < -0.4 is 14.8 Å². The third-order valence-corrected chi connectivity index (χ3v) is 3.95. The van der Waals surface area contributed by atoms with Gasteiger partial charge in [-0.1, -0.05) is 25.1 Å². The highest BCUT2D eigenvalue weighted by Crippen LogP contribution is 2.28. The van der Waals surface area contributed by atoms with Gasteiger partial charge in [0.2, 0.25) is 0 Å². The Hall–Kier alpha value is -3.35. The van der Waals surface area contributed by atoms with Crippen molar-refractivity contribution in [1.29, 1.82) is 0 Å². The number of ketones is 1. The van der Waals surface area contributed by atoms with Crippen LogP contribution in [0.2, 0.25) is 0 Å². The molecule has 7 nitrogen and oxygen atoms in total. The quantitative estimate of drug-likeness (QED) is 0.527. The second-order valence-electron chi connectivity index (χ2n) is 5.93. The van der Waals surface area contributed by atoms with Crippen molar-refractivity contribution in [3.63, 3.8) is 0 Å². The summed E-state index contributed by atoms with van der Waals surface area (Å²) in [6.07, 6.45) is 0.772. The Kier molecular flexibility index (Phi) is 7.56. The van der Waals surface area contributed by atoms with Gasteiger partial charge in [-0.2, -0.15) is 0 Å². The number of para-hydroxylation sites is 1. The molecule has 2 aromatic carbocycles. The number of amides is 1. The van der Waals surface area contributed by atoms with Gasteiger partial charge in [0.1, 0.15) is 0 Å². The third kappa shape index (κ3) is 5.84. The number of anilines is 1. The molecule has 0 bridgehead atoms. The van der Waals surface area contributed by atoms with E-state index in [1.807, 2.05) is 25.1 Å². The average molecular weight is 385 g/mol. The first kappa shape index (κ1) is 21.0. The molecule has 0 aliphatic heterocycles. The number of esters is 1. The highest BCUT2D eigenvalue weighted by atomic mass is 16.6. The predicted molar refractivity (Wildman–Crippen MR) is 104 cm³/mol. The fourth-order valence-corrected chi connectivity index (χ4v) is 2.47. The van der Waals surface area contributed by atoms with Crippen LogP contribution >= 0.6 is 0 Å². The van der Waals surface area contributed by atoms with Gasteiger partial charge in [-0.15, -0.1) is 0 Å². The normalized spacial score (nSPS) is 10.1. The Bertz CT molecular complexity index is 862. The van der Waals surface area contributed by atoms with Crippen molar-refractivity contribution in [2.24, 2.45) is 0 Å². The number of nitrogens with one attached hydrogen (secondary N) is 1. The van der Waals surface area contributed by atoms with Crippen LogP contribution in [0.1, 0.15) is 29.8 Å². The van der Waals surface area contributed by atoms with Crippen LogP contribution in [0.25, 0.3) is 0 Å². The van der Waals surface area contributed by atoms with Crippen LogP contribution in [-0.2, 0) is 20.7 Å². The van der Waals surface area contributed by atoms with E-state index in [1.54, 1.807) is 12.1 Å². The molecule has 0 spiro atoms. The first-order chi connectivity index (χ1) is 13.4. The minimum absolute atomic E-state index is 0.111. The summed E-state index contributed by atoms with van der Waals surface area (Å²) in [5.74, 6) is -0.616. The number of carbonyl (C=O) groups is 3. The van der Waals surface area contributed by atoms with Crippen molar-refractivity contribution in [3.8, 4) is 11.5 Å². The number of methoxy groups -OCH3 is 1. The molecule has 0 aromatic heterocycles. The van der Waals surface area contributed by atoms with Crippen molar-refractivity contribution in [2.45, 2.75) is 20.3 Å². The van der Waals surface area contributed by atoms with Crippen molar-refractivity contribution in [3.05, 3.63) is 53.6 Å².